The largest absolute Gasteiger partial charge is 0.382 e. The first kappa shape index (κ1) is 15.6. The van der Waals surface area contributed by atoms with Crippen LogP contribution in [0, 0.1) is 0 Å². The highest BCUT2D eigenvalue weighted by Crippen LogP contribution is 2.20. The molecule has 0 fully saturated rings. The third kappa shape index (κ3) is 5.22. The Kier molecular flexibility index (Phi) is 6.26. The monoisotopic (exact) mass is 307 g/mol. The van der Waals surface area contributed by atoms with Crippen molar-refractivity contribution in [2.45, 2.75) is 6.54 Å². The molecule has 0 aliphatic carbocycles. The molecule has 0 aromatic carbocycles. The van der Waals surface area contributed by atoms with E-state index < -0.39 is 0 Å². The van der Waals surface area contributed by atoms with E-state index in [1.807, 2.05) is 23.6 Å². The first-order valence-electron chi connectivity index (χ1n) is 6.49. The van der Waals surface area contributed by atoms with Crippen molar-refractivity contribution in [3.63, 3.8) is 0 Å². The molecule has 2 aromatic heterocycles. The van der Waals surface area contributed by atoms with Crippen LogP contribution >= 0.6 is 11.3 Å². The van der Waals surface area contributed by atoms with E-state index in [4.69, 9.17) is 9.47 Å². The molecule has 2 aromatic rings. The van der Waals surface area contributed by atoms with E-state index >= 15 is 0 Å². The molecule has 0 aliphatic heterocycles. The van der Waals surface area contributed by atoms with Crippen LogP contribution in [0.5, 0.6) is 0 Å². The highest BCUT2D eigenvalue weighted by atomic mass is 32.1. The fraction of sp³-hybridized carbons (Fsp3) is 0.357. The topological polar surface area (TPSA) is 73.3 Å². The zero-order valence-electron chi connectivity index (χ0n) is 11.7. The number of thiazole rings is 1. The molecule has 0 radical (unpaired) electrons. The molecule has 21 heavy (non-hydrogen) atoms. The molecule has 7 heteroatoms. The molecule has 1 amide bonds. The molecule has 0 saturated carbocycles. The number of nitrogens with zero attached hydrogens (tertiary/aromatic N) is 2. The van der Waals surface area contributed by atoms with Crippen LogP contribution in [0.1, 0.15) is 5.69 Å². The second-order valence-electron chi connectivity index (χ2n) is 4.18. The molecule has 1 N–H and O–H groups in total. The molecule has 2 rings (SSSR count). The van der Waals surface area contributed by atoms with Crippen molar-refractivity contribution in [2.75, 3.05) is 26.9 Å². The third-order valence-corrected chi connectivity index (χ3v) is 3.48. The quantitative estimate of drug-likeness (QED) is 0.748. The van der Waals surface area contributed by atoms with Crippen molar-refractivity contribution in [1.82, 2.24) is 15.3 Å². The summed E-state index contributed by atoms with van der Waals surface area (Å²) in [6.45, 7) is 1.30. The van der Waals surface area contributed by atoms with E-state index in [1.165, 1.54) is 11.3 Å². The van der Waals surface area contributed by atoms with E-state index in [0.29, 0.717) is 19.8 Å². The van der Waals surface area contributed by atoms with Crippen LogP contribution in [0.2, 0.25) is 0 Å². The average Bonchev–Trinajstić information content (AvgIpc) is 2.99. The first-order chi connectivity index (χ1) is 10.3. The van der Waals surface area contributed by atoms with E-state index in [0.717, 1.165) is 16.4 Å². The van der Waals surface area contributed by atoms with Crippen LogP contribution < -0.4 is 5.32 Å². The number of methoxy groups -OCH3 is 1. The Morgan fingerprint density at radius 1 is 1.38 bits per heavy atom. The zero-order chi connectivity index (χ0) is 14.9. The Bertz CT molecular complexity index is 560. The molecule has 2 heterocycles. The summed E-state index contributed by atoms with van der Waals surface area (Å²) in [7, 11) is 1.59. The number of hydrogen-bond acceptors (Lipinski definition) is 6. The number of rotatable bonds is 8. The highest BCUT2D eigenvalue weighted by Gasteiger charge is 2.07. The Morgan fingerprint density at radius 3 is 3.05 bits per heavy atom. The van der Waals surface area contributed by atoms with E-state index in [1.54, 1.807) is 13.3 Å². The van der Waals surface area contributed by atoms with E-state index in [2.05, 4.69) is 15.3 Å². The van der Waals surface area contributed by atoms with Gasteiger partial charge in [-0.05, 0) is 12.1 Å². The summed E-state index contributed by atoms with van der Waals surface area (Å²) in [5.74, 6) is -0.168. The van der Waals surface area contributed by atoms with Gasteiger partial charge in [0.05, 0.1) is 31.1 Å². The predicted octanol–water partition coefficient (Wildman–Crippen LogP) is 1.48. The average molecular weight is 307 g/mol. The summed E-state index contributed by atoms with van der Waals surface area (Å²) in [6, 6.07) is 5.69. The minimum absolute atomic E-state index is 0.0284. The molecule has 6 nitrogen and oxygen atoms in total. The maximum absolute atomic E-state index is 11.5. The van der Waals surface area contributed by atoms with Gasteiger partial charge in [-0.25, -0.2) is 4.98 Å². The number of ether oxygens (including phenoxy) is 2. The smallest absolute Gasteiger partial charge is 0.246 e. The van der Waals surface area contributed by atoms with Crippen molar-refractivity contribution < 1.29 is 14.3 Å². The van der Waals surface area contributed by atoms with Gasteiger partial charge in [0.15, 0.2) is 0 Å². The van der Waals surface area contributed by atoms with Gasteiger partial charge in [0.2, 0.25) is 5.91 Å². The molecule has 0 atom stereocenters. The van der Waals surface area contributed by atoms with Gasteiger partial charge in [0.1, 0.15) is 11.6 Å². The minimum Gasteiger partial charge on any atom is -0.382 e. The maximum Gasteiger partial charge on any atom is 0.246 e. The second-order valence-corrected chi connectivity index (χ2v) is 5.04. The lowest BCUT2D eigenvalue weighted by molar-refractivity contribution is -0.126. The number of hydrogen-bond donors (Lipinski definition) is 1. The van der Waals surface area contributed by atoms with Crippen molar-refractivity contribution in [3.05, 3.63) is 35.5 Å². The fourth-order valence-corrected chi connectivity index (χ4v) is 2.34. The summed E-state index contributed by atoms with van der Waals surface area (Å²) >= 11 is 1.51. The molecule has 0 unspecified atom stereocenters. The number of nitrogens with one attached hydrogen (secondary N) is 1. The van der Waals surface area contributed by atoms with E-state index in [-0.39, 0.29) is 12.5 Å². The summed E-state index contributed by atoms with van der Waals surface area (Å²) < 4.78 is 9.96. The number of carbonyl (C=O) groups excluding carboxylic acids is 1. The Morgan fingerprint density at radius 2 is 2.29 bits per heavy atom. The van der Waals surface area contributed by atoms with Crippen LogP contribution in [-0.2, 0) is 20.8 Å². The van der Waals surface area contributed by atoms with Gasteiger partial charge < -0.3 is 14.8 Å². The summed E-state index contributed by atoms with van der Waals surface area (Å²) in [5.41, 5.74) is 1.65. The molecular formula is C14H17N3O3S. The summed E-state index contributed by atoms with van der Waals surface area (Å²) in [4.78, 5) is 20.2. The normalized spacial score (nSPS) is 10.5. The van der Waals surface area contributed by atoms with Crippen LogP contribution in [0.3, 0.4) is 0 Å². The minimum atomic E-state index is -0.168. The Labute approximate surface area is 127 Å². The lowest BCUT2D eigenvalue weighted by atomic mass is 10.3. The second kappa shape index (κ2) is 8.46. The molecule has 0 bridgehead atoms. The fourth-order valence-electron chi connectivity index (χ4n) is 1.54. The number of aromatic nitrogens is 2. The van der Waals surface area contributed by atoms with Crippen LogP contribution in [-0.4, -0.2) is 42.8 Å². The van der Waals surface area contributed by atoms with E-state index in [9.17, 15) is 4.79 Å². The maximum atomic E-state index is 11.5. The van der Waals surface area contributed by atoms with Gasteiger partial charge >= 0.3 is 0 Å². The standard InChI is InChI=1S/C14H17N3O3S/c1-19-6-7-20-9-13(18)16-8-11-10-21-14(17-11)12-4-2-3-5-15-12/h2-5,10H,6-9H2,1H3,(H,16,18). The summed E-state index contributed by atoms with van der Waals surface area (Å²) in [6.07, 6.45) is 1.73. The molecule has 0 saturated heterocycles. The number of amides is 1. The van der Waals surface area contributed by atoms with Crippen LogP contribution in [0.25, 0.3) is 10.7 Å². The van der Waals surface area contributed by atoms with Gasteiger partial charge in [0, 0.05) is 18.7 Å². The van der Waals surface area contributed by atoms with Gasteiger partial charge in [-0.2, -0.15) is 0 Å². The van der Waals surface area contributed by atoms with Crippen molar-refractivity contribution >= 4 is 17.2 Å². The first-order valence-corrected chi connectivity index (χ1v) is 7.36. The Balaban J connectivity index is 1.77. The van der Waals surface area contributed by atoms with Crippen LogP contribution in [0.15, 0.2) is 29.8 Å². The predicted molar refractivity (Wildman–Crippen MR) is 79.9 cm³/mol. The third-order valence-electron chi connectivity index (χ3n) is 2.57. The van der Waals surface area contributed by atoms with Crippen molar-refractivity contribution in [2.24, 2.45) is 0 Å². The number of carbonyl (C=O) groups is 1. The Hall–Kier alpha value is -1.83. The summed E-state index contributed by atoms with van der Waals surface area (Å²) in [5, 5.41) is 5.52. The van der Waals surface area contributed by atoms with Crippen molar-refractivity contribution in [3.8, 4) is 10.7 Å². The molecule has 0 spiro atoms. The number of pyridine rings is 1. The van der Waals surface area contributed by atoms with Crippen LogP contribution in [0.4, 0.5) is 0 Å². The molecule has 112 valence electrons. The lowest BCUT2D eigenvalue weighted by Gasteiger charge is -2.04. The molecular weight excluding hydrogens is 290 g/mol. The molecule has 0 aliphatic rings. The van der Waals surface area contributed by atoms with Gasteiger partial charge in [-0.1, -0.05) is 6.07 Å². The van der Waals surface area contributed by atoms with Gasteiger partial charge in [-0.15, -0.1) is 11.3 Å². The van der Waals surface area contributed by atoms with Gasteiger partial charge in [-0.3, -0.25) is 9.78 Å². The highest BCUT2D eigenvalue weighted by molar-refractivity contribution is 7.13. The SMILES string of the molecule is COCCOCC(=O)NCc1csc(-c2ccccn2)n1. The lowest BCUT2D eigenvalue weighted by Crippen LogP contribution is -2.27. The zero-order valence-corrected chi connectivity index (χ0v) is 12.6. The van der Waals surface area contributed by atoms with Gasteiger partial charge in [0.25, 0.3) is 0 Å². The van der Waals surface area contributed by atoms with Crippen molar-refractivity contribution in [1.29, 1.82) is 0 Å².